The molecule has 1 unspecified atom stereocenters. The number of aromatic nitrogens is 2. The molecule has 108 valence electrons. The Kier molecular flexibility index (Phi) is 5.54. The Bertz CT molecular complexity index is 532. The number of nitrogens with two attached hydrogens (primary N) is 1. The van der Waals surface area contributed by atoms with Crippen molar-refractivity contribution in [2.45, 2.75) is 29.7 Å². The van der Waals surface area contributed by atoms with Crippen LogP contribution in [0.5, 0.6) is 0 Å². The summed E-state index contributed by atoms with van der Waals surface area (Å²) in [6.45, 7) is 2.26. The topological polar surface area (TPSA) is 72.0 Å². The molecule has 1 atom stereocenters. The number of nitrogens with zero attached hydrogens (tertiary/aromatic N) is 2. The van der Waals surface area contributed by atoms with Crippen molar-refractivity contribution in [3.63, 3.8) is 0 Å². The maximum Gasteiger partial charge on any atom is 0.170 e. The van der Waals surface area contributed by atoms with Crippen LogP contribution >= 0.6 is 23.3 Å². The Morgan fingerprint density at radius 2 is 2.10 bits per heavy atom. The number of hydrogen-bond acceptors (Lipinski definition) is 6. The Hall–Kier alpha value is -0.950. The van der Waals surface area contributed by atoms with Gasteiger partial charge in [-0.15, -0.1) is 0 Å². The molecule has 0 saturated heterocycles. The average molecular weight is 309 g/mol. The molecule has 20 heavy (non-hydrogen) atoms. The molecule has 1 aromatic carbocycles. The summed E-state index contributed by atoms with van der Waals surface area (Å²) in [5.41, 5.74) is 5.66. The van der Waals surface area contributed by atoms with Crippen LogP contribution in [0.1, 0.15) is 24.7 Å². The summed E-state index contributed by atoms with van der Waals surface area (Å²) in [5.74, 6) is 1.65. The van der Waals surface area contributed by atoms with Crippen LogP contribution in [0.3, 0.4) is 0 Å². The molecule has 0 saturated carbocycles. The normalized spacial score (nSPS) is 14.2. The molecular formula is C14H19N3OS2. The van der Waals surface area contributed by atoms with Gasteiger partial charge in [0, 0.05) is 18.7 Å². The van der Waals surface area contributed by atoms with Gasteiger partial charge in [0.15, 0.2) is 4.34 Å². The van der Waals surface area contributed by atoms with Crippen LogP contribution in [0.25, 0.3) is 0 Å². The van der Waals surface area contributed by atoms with Gasteiger partial charge in [0.1, 0.15) is 11.4 Å². The number of aliphatic hydroxyl groups is 1. The molecule has 0 bridgehead atoms. The number of thioether (sulfide) groups is 1. The second kappa shape index (κ2) is 7.17. The van der Waals surface area contributed by atoms with Crippen molar-refractivity contribution in [1.82, 2.24) is 9.36 Å². The molecule has 0 fully saturated rings. The zero-order chi connectivity index (χ0) is 14.4. The van der Waals surface area contributed by atoms with Crippen LogP contribution in [-0.2, 0) is 12.0 Å². The summed E-state index contributed by atoms with van der Waals surface area (Å²) < 4.78 is 5.20. The predicted octanol–water partition coefficient (Wildman–Crippen LogP) is 2.43. The van der Waals surface area contributed by atoms with Crippen molar-refractivity contribution in [3.8, 4) is 0 Å². The fourth-order valence-electron chi connectivity index (χ4n) is 1.86. The smallest absolute Gasteiger partial charge is 0.170 e. The van der Waals surface area contributed by atoms with E-state index >= 15 is 0 Å². The quantitative estimate of drug-likeness (QED) is 0.769. The lowest BCUT2D eigenvalue weighted by Gasteiger charge is -2.26. The highest BCUT2D eigenvalue weighted by molar-refractivity contribution is 8.00. The standard InChI is InChI=1S/C14H19N3OS2/c1-2-12-16-13(20-17-12)19-9-8-14(18,10-15)11-6-4-3-5-7-11/h3-7,18H,2,8-10,15H2,1H3. The Labute approximate surface area is 127 Å². The minimum Gasteiger partial charge on any atom is -0.384 e. The van der Waals surface area contributed by atoms with E-state index in [2.05, 4.69) is 9.36 Å². The number of hydrogen-bond donors (Lipinski definition) is 2. The fourth-order valence-corrected chi connectivity index (χ4v) is 3.72. The second-order valence-electron chi connectivity index (χ2n) is 4.53. The van der Waals surface area contributed by atoms with Crippen LogP contribution in [0.4, 0.5) is 0 Å². The highest BCUT2D eigenvalue weighted by Crippen LogP contribution is 2.28. The number of aryl methyl sites for hydroxylation is 1. The highest BCUT2D eigenvalue weighted by atomic mass is 32.2. The maximum atomic E-state index is 10.6. The summed E-state index contributed by atoms with van der Waals surface area (Å²) >= 11 is 3.04. The molecular weight excluding hydrogens is 290 g/mol. The first kappa shape index (κ1) is 15.4. The molecule has 0 aliphatic rings. The van der Waals surface area contributed by atoms with E-state index in [1.807, 2.05) is 37.3 Å². The monoisotopic (exact) mass is 309 g/mol. The third kappa shape index (κ3) is 3.79. The predicted molar refractivity (Wildman–Crippen MR) is 84.0 cm³/mol. The van der Waals surface area contributed by atoms with E-state index in [-0.39, 0.29) is 6.54 Å². The lowest BCUT2D eigenvalue weighted by Crippen LogP contribution is -2.35. The lowest BCUT2D eigenvalue weighted by atomic mass is 9.91. The van der Waals surface area contributed by atoms with E-state index in [4.69, 9.17) is 5.73 Å². The van der Waals surface area contributed by atoms with Gasteiger partial charge >= 0.3 is 0 Å². The zero-order valence-electron chi connectivity index (χ0n) is 11.5. The Morgan fingerprint density at radius 1 is 1.35 bits per heavy atom. The molecule has 0 aliphatic heterocycles. The van der Waals surface area contributed by atoms with Gasteiger partial charge in [0.2, 0.25) is 0 Å². The van der Waals surface area contributed by atoms with Crippen molar-refractivity contribution in [2.24, 2.45) is 5.73 Å². The second-order valence-corrected chi connectivity index (χ2v) is 6.62. The van der Waals surface area contributed by atoms with Crippen molar-refractivity contribution in [3.05, 3.63) is 41.7 Å². The van der Waals surface area contributed by atoms with Gasteiger partial charge in [0.25, 0.3) is 0 Å². The van der Waals surface area contributed by atoms with Gasteiger partial charge in [0.05, 0.1) is 0 Å². The molecule has 0 amide bonds. The van der Waals surface area contributed by atoms with E-state index in [9.17, 15) is 5.11 Å². The van der Waals surface area contributed by atoms with Gasteiger partial charge in [-0.2, -0.15) is 4.37 Å². The molecule has 2 aromatic rings. The van der Waals surface area contributed by atoms with E-state index in [1.165, 1.54) is 11.5 Å². The average Bonchev–Trinajstić information content (AvgIpc) is 2.96. The van der Waals surface area contributed by atoms with Gasteiger partial charge < -0.3 is 10.8 Å². The molecule has 2 rings (SSSR count). The first-order valence-electron chi connectivity index (χ1n) is 6.61. The molecule has 0 aliphatic carbocycles. The minimum absolute atomic E-state index is 0.216. The zero-order valence-corrected chi connectivity index (χ0v) is 13.1. The summed E-state index contributed by atoms with van der Waals surface area (Å²) in [7, 11) is 0. The third-order valence-corrected chi connectivity index (χ3v) is 5.03. The van der Waals surface area contributed by atoms with Crippen molar-refractivity contribution in [1.29, 1.82) is 0 Å². The summed E-state index contributed by atoms with van der Waals surface area (Å²) in [5, 5.41) is 10.6. The summed E-state index contributed by atoms with van der Waals surface area (Å²) in [6.07, 6.45) is 1.45. The molecule has 3 N–H and O–H groups in total. The molecule has 0 radical (unpaired) electrons. The van der Waals surface area contributed by atoms with Gasteiger partial charge in [-0.25, -0.2) is 4.98 Å². The SMILES string of the molecule is CCc1nsc(SCCC(O)(CN)c2ccccc2)n1. The van der Waals surface area contributed by atoms with Gasteiger partial charge in [-0.1, -0.05) is 49.0 Å². The van der Waals surface area contributed by atoms with Crippen LogP contribution in [-0.4, -0.2) is 26.8 Å². The molecule has 6 heteroatoms. The largest absolute Gasteiger partial charge is 0.384 e. The van der Waals surface area contributed by atoms with Gasteiger partial charge in [-0.3, -0.25) is 0 Å². The van der Waals surface area contributed by atoms with Crippen LogP contribution < -0.4 is 5.73 Å². The minimum atomic E-state index is -0.966. The summed E-state index contributed by atoms with van der Waals surface area (Å²) in [6, 6.07) is 9.60. The van der Waals surface area contributed by atoms with E-state index in [0.29, 0.717) is 6.42 Å². The fraction of sp³-hybridized carbons (Fsp3) is 0.429. The molecule has 4 nitrogen and oxygen atoms in total. The number of benzene rings is 1. The molecule has 1 heterocycles. The van der Waals surface area contributed by atoms with Crippen molar-refractivity contribution < 1.29 is 5.11 Å². The van der Waals surface area contributed by atoms with Crippen LogP contribution in [0.2, 0.25) is 0 Å². The van der Waals surface area contributed by atoms with Gasteiger partial charge in [-0.05, 0) is 23.5 Å². The van der Waals surface area contributed by atoms with Crippen molar-refractivity contribution in [2.75, 3.05) is 12.3 Å². The molecule has 0 spiro atoms. The lowest BCUT2D eigenvalue weighted by molar-refractivity contribution is 0.0431. The first-order chi connectivity index (χ1) is 9.68. The maximum absolute atomic E-state index is 10.6. The van der Waals surface area contributed by atoms with Crippen LogP contribution in [0, 0.1) is 0 Å². The Morgan fingerprint density at radius 3 is 2.70 bits per heavy atom. The third-order valence-electron chi connectivity index (χ3n) is 3.16. The number of rotatable bonds is 7. The van der Waals surface area contributed by atoms with E-state index in [0.717, 1.165) is 27.9 Å². The summed E-state index contributed by atoms with van der Waals surface area (Å²) in [4.78, 5) is 4.40. The Balaban J connectivity index is 1.94. The first-order valence-corrected chi connectivity index (χ1v) is 8.37. The van der Waals surface area contributed by atoms with E-state index in [1.54, 1.807) is 11.8 Å². The van der Waals surface area contributed by atoms with Crippen LogP contribution in [0.15, 0.2) is 34.7 Å². The molecule has 1 aromatic heterocycles. The van der Waals surface area contributed by atoms with Crippen molar-refractivity contribution >= 4 is 23.3 Å². The highest BCUT2D eigenvalue weighted by Gasteiger charge is 2.27. The van der Waals surface area contributed by atoms with E-state index < -0.39 is 5.60 Å².